The maximum atomic E-state index is 12.4. The first kappa shape index (κ1) is 14.4. The molecule has 0 unspecified atom stereocenters. The number of thioether (sulfide) groups is 1. The normalized spacial score (nSPS) is 22.5. The number of carbonyl (C=O) groups is 1. The van der Waals surface area contributed by atoms with E-state index in [-0.39, 0.29) is 17.9 Å². The van der Waals surface area contributed by atoms with Gasteiger partial charge in [-0.15, -0.1) is 0 Å². The van der Waals surface area contributed by atoms with Crippen molar-refractivity contribution in [2.45, 2.75) is 13.0 Å². The number of amides is 1. The summed E-state index contributed by atoms with van der Waals surface area (Å²) >= 11 is 1.72. The molecule has 0 aliphatic carbocycles. The number of nitrogens with zero attached hydrogens (tertiary/aromatic N) is 3. The summed E-state index contributed by atoms with van der Waals surface area (Å²) in [5, 5.41) is 0. The topological polar surface area (TPSA) is 52.2 Å². The molecule has 19 heavy (non-hydrogen) atoms. The van der Waals surface area contributed by atoms with E-state index < -0.39 is 0 Å². The minimum atomic E-state index is 0.0932. The SMILES string of the molecule is CSC[C@H](C)C(=O)N1CCN(C)[C@H](c2ncc[nH]2)C1. The molecule has 0 radical (unpaired) electrons. The minimum Gasteiger partial charge on any atom is -0.347 e. The van der Waals surface area contributed by atoms with Crippen molar-refractivity contribution < 1.29 is 4.79 Å². The lowest BCUT2D eigenvalue weighted by Gasteiger charge is -2.39. The fourth-order valence-electron chi connectivity index (χ4n) is 2.46. The van der Waals surface area contributed by atoms with Crippen molar-refractivity contribution in [2.75, 3.05) is 38.7 Å². The lowest BCUT2D eigenvalue weighted by atomic mass is 10.1. The third kappa shape index (κ3) is 3.30. The van der Waals surface area contributed by atoms with Crippen molar-refractivity contribution in [3.63, 3.8) is 0 Å². The van der Waals surface area contributed by atoms with E-state index in [0.717, 1.165) is 31.2 Å². The molecule has 0 saturated carbocycles. The number of hydrogen-bond donors (Lipinski definition) is 1. The van der Waals surface area contributed by atoms with Crippen molar-refractivity contribution in [3.8, 4) is 0 Å². The van der Waals surface area contributed by atoms with Crippen LogP contribution < -0.4 is 0 Å². The number of nitrogens with one attached hydrogen (secondary N) is 1. The molecule has 0 spiro atoms. The number of rotatable bonds is 4. The van der Waals surface area contributed by atoms with Crippen molar-refractivity contribution in [2.24, 2.45) is 5.92 Å². The number of carbonyl (C=O) groups excluding carboxylic acids is 1. The van der Waals surface area contributed by atoms with Gasteiger partial charge in [0.1, 0.15) is 5.82 Å². The molecule has 1 aromatic rings. The lowest BCUT2D eigenvalue weighted by Crippen LogP contribution is -2.50. The molecule has 0 bridgehead atoms. The average Bonchev–Trinajstić information content (AvgIpc) is 2.92. The first-order valence-corrected chi connectivity index (χ1v) is 8.00. The Bertz CT molecular complexity index is 409. The predicted octanol–water partition coefficient (Wildman–Crippen LogP) is 1.22. The molecule has 1 saturated heterocycles. The zero-order valence-electron chi connectivity index (χ0n) is 11.8. The van der Waals surface area contributed by atoms with Crippen LogP contribution in [-0.4, -0.2) is 64.4 Å². The predicted molar refractivity (Wildman–Crippen MR) is 78.1 cm³/mol. The summed E-state index contributed by atoms with van der Waals surface area (Å²) in [7, 11) is 2.08. The smallest absolute Gasteiger partial charge is 0.226 e. The Kier molecular flexibility index (Phi) is 4.87. The molecule has 2 atom stereocenters. The molecule has 106 valence electrons. The molecule has 1 fully saturated rings. The molecule has 1 aliphatic rings. The minimum absolute atomic E-state index is 0.0932. The van der Waals surface area contributed by atoms with Crippen molar-refractivity contribution in [3.05, 3.63) is 18.2 Å². The van der Waals surface area contributed by atoms with Gasteiger partial charge >= 0.3 is 0 Å². The van der Waals surface area contributed by atoms with Crippen LogP contribution in [0.15, 0.2) is 12.4 Å². The number of piperazine rings is 1. The van der Waals surface area contributed by atoms with Gasteiger partial charge in [0.05, 0.1) is 6.04 Å². The highest BCUT2D eigenvalue weighted by atomic mass is 32.2. The van der Waals surface area contributed by atoms with Crippen LogP contribution in [0.25, 0.3) is 0 Å². The van der Waals surface area contributed by atoms with Crippen LogP contribution in [0.2, 0.25) is 0 Å². The van der Waals surface area contributed by atoms with E-state index in [1.807, 2.05) is 24.3 Å². The fourth-order valence-corrected chi connectivity index (χ4v) is 3.10. The van der Waals surface area contributed by atoms with E-state index in [9.17, 15) is 4.79 Å². The second-order valence-corrected chi connectivity index (χ2v) is 6.02. The van der Waals surface area contributed by atoms with E-state index in [0.29, 0.717) is 0 Å². The van der Waals surface area contributed by atoms with E-state index in [1.165, 1.54) is 0 Å². The molecule has 6 heteroatoms. The van der Waals surface area contributed by atoms with Gasteiger partial charge in [-0.2, -0.15) is 11.8 Å². The van der Waals surface area contributed by atoms with Crippen LogP contribution in [0.3, 0.4) is 0 Å². The van der Waals surface area contributed by atoms with E-state index >= 15 is 0 Å². The van der Waals surface area contributed by atoms with E-state index in [1.54, 1.807) is 18.0 Å². The van der Waals surface area contributed by atoms with Crippen LogP contribution in [0.1, 0.15) is 18.8 Å². The maximum Gasteiger partial charge on any atom is 0.226 e. The number of aromatic nitrogens is 2. The second-order valence-electron chi connectivity index (χ2n) is 5.11. The number of hydrogen-bond acceptors (Lipinski definition) is 4. The number of aromatic amines is 1. The quantitative estimate of drug-likeness (QED) is 0.902. The molecule has 1 N–H and O–H groups in total. The fraction of sp³-hybridized carbons (Fsp3) is 0.692. The summed E-state index contributed by atoms with van der Waals surface area (Å²) in [6.07, 6.45) is 5.64. The number of H-pyrrole nitrogens is 1. The Morgan fingerprint density at radius 2 is 2.42 bits per heavy atom. The van der Waals surface area contributed by atoms with E-state index in [2.05, 4.69) is 21.9 Å². The Morgan fingerprint density at radius 3 is 3.05 bits per heavy atom. The molecule has 1 aliphatic heterocycles. The first-order valence-electron chi connectivity index (χ1n) is 6.60. The average molecular weight is 282 g/mol. The zero-order chi connectivity index (χ0) is 13.8. The Morgan fingerprint density at radius 1 is 1.63 bits per heavy atom. The van der Waals surface area contributed by atoms with Gasteiger partial charge in [-0.05, 0) is 13.3 Å². The molecule has 0 aromatic carbocycles. The zero-order valence-corrected chi connectivity index (χ0v) is 12.6. The van der Waals surface area contributed by atoms with Gasteiger partial charge in [-0.3, -0.25) is 9.69 Å². The number of likely N-dealkylation sites (N-methyl/N-ethyl adjacent to an activating group) is 1. The first-order chi connectivity index (χ1) is 9.13. The van der Waals surface area contributed by atoms with Gasteiger partial charge in [0.25, 0.3) is 0 Å². The molecule has 5 nitrogen and oxygen atoms in total. The Balaban J connectivity index is 2.03. The summed E-state index contributed by atoms with van der Waals surface area (Å²) < 4.78 is 0. The van der Waals surface area contributed by atoms with Crippen LogP contribution in [0.4, 0.5) is 0 Å². The van der Waals surface area contributed by atoms with E-state index in [4.69, 9.17) is 0 Å². The molecule has 2 heterocycles. The molecule has 1 aromatic heterocycles. The van der Waals surface area contributed by atoms with Crippen LogP contribution in [-0.2, 0) is 4.79 Å². The summed E-state index contributed by atoms with van der Waals surface area (Å²) in [5.74, 6) is 2.18. The monoisotopic (exact) mass is 282 g/mol. The third-order valence-electron chi connectivity index (χ3n) is 3.63. The second kappa shape index (κ2) is 6.43. The molecule has 2 rings (SSSR count). The highest BCUT2D eigenvalue weighted by molar-refractivity contribution is 7.98. The molecular formula is C13H22N4OS. The van der Waals surface area contributed by atoms with Gasteiger partial charge in [0, 0.05) is 43.7 Å². The standard InChI is InChI=1S/C13H22N4OS/c1-10(9-19-3)13(18)17-7-6-16(2)11(8-17)12-14-4-5-15-12/h4-5,10-11H,6-9H2,1-3H3,(H,14,15)/t10-,11-/m0/s1. The van der Waals surface area contributed by atoms with Gasteiger partial charge in [-0.25, -0.2) is 4.98 Å². The van der Waals surface area contributed by atoms with Gasteiger partial charge in [0.15, 0.2) is 0 Å². The Hall–Kier alpha value is -1.01. The van der Waals surface area contributed by atoms with Gasteiger partial charge in [0.2, 0.25) is 5.91 Å². The summed E-state index contributed by atoms with van der Waals surface area (Å²) in [6.45, 7) is 4.44. The summed E-state index contributed by atoms with van der Waals surface area (Å²) in [6, 6.07) is 0.175. The highest BCUT2D eigenvalue weighted by Crippen LogP contribution is 2.22. The van der Waals surface area contributed by atoms with Gasteiger partial charge < -0.3 is 9.88 Å². The lowest BCUT2D eigenvalue weighted by molar-refractivity contribution is -0.137. The van der Waals surface area contributed by atoms with Gasteiger partial charge in [-0.1, -0.05) is 6.92 Å². The van der Waals surface area contributed by atoms with Crippen LogP contribution >= 0.6 is 11.8 Å². The van der Waals surface area contributed by atoms with Crippen molar-refractivity contribution in [1.29, 1.82) is 0 Å². The Labute approximate surface area is 118 Å². The largest absolute Gasteiger partial charge is 0.347 e. The summed E-state index contributed by atoms with van der Waals surface area (Å²) in [4.78, 5) is 24.1. The van der Waals surface area contributed by atoms with Crippen LogP contribution in [0.5, 0.6) is 0 Å². The third-order valence-corrected chi connectivity index (χ3v) is 4.47. The van der Waals surface area contributed by atoms with Crippen molar-refractivity contribution in [1.82, 2.24) is 19.8 Å². The van der Waals surface area contributed by atoms with Crippen LogP contribution in [0, 0.1) is 5.92 Å². The maximum absolute atomic E-state index is 12.4. The summed E-state index contributed by atoms with van der Waals surface area (Å²) in [5.41, 5.74) is 0. The number of imidazole rings is 1. The highest BCUT2D eigenvalue weighted by Gasteiger charge is 2.31. The van der Waals surface area contributed by atoms with Crippen molar-refractivity contribution >= 4 is 17.7 Å². The molecular weight excluding hydrogens is 260 g/mol. The molecule has 1 amide bonds.